The van der Waals surface area contributed by atoms with Crippen molar-refractivity contribution >= 4 is 0 Å². The summed E-state index contributed by atoms with van der Waals surface area (Å²) < 4.78 is 11.8. The van der Waals surface area contributed by atoms with Crippen LogP contribution in [-0.2, 0) is 6.42 Å². The highest BCUT2D eigenvalue weighted by molar-refractivity contribution is 5.56. The van der Waals surface area contributed by atoms with Crippen LogP contribution in [0.4, 0.5) is 0 Å². The van der Waals surface area contributed by atoms with Crippen LogP contribution >= 0.6 is 0 Å². The lowest BCUT2D eigenvalue weighted by molar-refractivity contribution is 0.210. The average Bonchev–Trinajstić information content (AvgIpc) is 3.35. The Morgan fingerprint density at radius 1 is 1.36 bits per heavy atom. The molecule has 1 aliphatic carbocycles. The minimum absolute atomic E-state index is 0.121. The van der Waals surface area contributed by atoms with Gasteiger partial charge >= 0.3 is 0 Å². The molecule has 6 nitrogen and oxygen atoms in total. The molecule has 2 heterocycles. The van der Waals surface area contributed by atoms with Gasteiger partial charge < -0.3 is 15.2 Å². The van der Waals surface area contributed by atoms with Crippen LogP contribution in [0.5, 0.6) is 11.6 Å². The van der Waals surface area contributed by atoms with Gasteiger partial charge in [0.1, 0.15) is 17.4 Å². The first-order valence-corrected chi connectivity index (χ1v) is 10.1. The van der Waals surface area contributed by atoms with Crippen molar-refractivity contribution < 1.29 is 9.47 Å². The van der Waals surface area contributed by atoms with E-state index in [0.717, 1.165) is 54.7 Å². The second-order valence-electron chi connectivity index (χ2n) is 7.55. The number of aryl methyl sites for hydroxylation is 1. The number of H-pyrrole nitrogens is 1. The molecule has 1 aromatic carbocycles. The van der Waals surface area contributed by atoms with Crippen molar-refractivity contribution in [2.24, 2.45) is 5.73 Å². The molecule has 1 unspecified atom stereocenters. The van der Waals surface area contributed by atoms with Gasteiger partial charge in [-0.3, -0.25) is 5.10 Å². The van der Waals surface area contributed by atoms with Crippen LogP contribution in [0.15, 0.2) is 35.7 Å². The van der Waals surface area contributed by atoms with E-state index in [4.69, 9.17) is 15.2 Å². The van der Waals surface area contributed by atoms with Gasteiger partial charge in [0.25, 0.3) is 0 Å². The van der Waals surface area contributed by atoms with Crippen molar-refractivity contribution in [1.29, 1.82) is 5.26 Å². The zero-order valence-electron chi connectivity index (χ0n) is 16.2. The first-order valence-electron chi connectivity index (χ1n) is 10.1. The fourth-order valence-electron chi connectivity index (χ4n) is 4.15. The molecular weight excluding hydrogens is 352 g/mol. The maximum atomic E-state index is 9.79. The summed E-state index contributed by atoms with van der Waals surface area (Å²) in [5, 5.41) is 17.2. The Morgan fingerprint density at radius 2 is 2.18 bits per heavy atom. The Kier molecular flexibility index (Phi) is 5.25. The van der Waals surface area contributed by atoms with E-state index in [9.17, 15) is 5.26 Å². The molecule has 2 aromatic rings. The number of nitrogens with zero attached hydrogens (tertiary/aromatic N) is 2. The highest BCUT2D eigenvalue weighted by Crippen LogP contribution is 2.43. The quantitative estimate of drug-likeness (QED) is 0.781. The van der Waals surface area contributed by atoms with E-state index < -0.39 is 0 Å². The molecule has 0 radical (unpaired) electrons. The lowest BCUT2D eigenvalue weighted by atomic mass is 9.83. The van der Waals surface area contributed by atoms with Crippen LogP contribution in [0.3, 0.4) is 0 Å². The summed E-state index contributed by atoms with van der Waals surface area (Å²) in [5.41, 5.74) is 9.37. The number of ether oxygens (including phenoxy) is 2. The molecule has 0 spiro atoms. The van der Waals surface area contributed by atoms with Gasteiger partial charge in [-0.15, -0.1) is 5.10 Å². The predicted molar refractivity (Wildman–Crippen MR) is 106 cm³/mol. The molecule has 3 N–H and O–H groups in total. The number of hydrogen-bond donors (Lipinski definition) is 2. The number of hydrogen-bond acceptors (Lipinski definition) is 5. The molecule has 0 saturated heterocycles. The lowest BCUT2D eigenvalue weighted by Gasteiger charge is -2.24. The fourth-order valence-corrected chi connectivity index (χ4v) is 4.15. The molecule has 1 aromatic heterocycles. The van der Waals surface area contributed by atoms with E-state index in [1.807, 2.05) is 24.3 Å². The molecule has 2 aliphatic rings. The van der Waals surface area contributed by atoms with Gasteiger partial charge in [0.2, 0.25) is 11.8 Å². The number of nitrogens with one attached hydrogen (secondary N) is 1. The molecule has 1 atom stereocenters. The van der Waals surface area contributed by atoms with E-state index in [1.54, 1.807) is 0 Å². The van der Waals surface area contributed by atoms with Crippen molar-refractivity contribution in [3.8, 4) is 17.7 Å². The molecule has 1 fully saturated rings. The van der Waals surface area contributed by atoms with Crippen molar-refractivity contribution in [1.82, 2.24) is 10.2 Å². The maximum absolute atomic E-state index is 9.79. The third kappa shape index (κ3) is 3.45. The largest absolute Gasteiger partial charge is 0.490 e. The maximum Gasteiger partial charge on any atom is 0.244 e. The Balaban J connectivity index is 1.73. The summed E-state index contributed by atoms with van der Waals surface area (Å²) >= 11 is 0. The number of aromatic nitrogens is 2. The second-order valence-corrected chi connectivity index (χ2v) is 7.55. The lowest BCUT2D eigenvalue weighted by Crippen LogP contribution is -2.21. The molecular formula is C22H26N4O2. The van der Waals surface area contributed by atoms with E-state index >= 15 is 0 Å². The van der Waals surface area contributed by atoms with Gasteiger partial charge in [-0.05, 0) is 56.2 Å². The SMILES string of the molecule is CCCCc1[nH]nc2c1C(c1cccc(OC3CCCC3)c1)C(C#N)=C(N)O2. The van der Waals surface area contributed by atoms with Crippen molar-refractivity contribution in [3.63, 3.8) is 0 Å². The molecule has 1 aliphatic heterocycles. The number of rotatable bonds is 6. The monoisotopic (exact) mass is 378 g/mol. The summed E-state index contributed by atoms with van der Waals surface area (Å²) in [4.78, 5) is 0. The second kappa shape index (κ2) is 7.97. The van der Waals surface area contributed by atoms with E-state index in [0.29, 0.717) is 11.5 Å². The average molecular weight is 378 g/mol. The minimum atomic E-state index is -0.300. The van der Waals surface area contributed by atoms with Gasteiger partial charge in [-0.1, -0.05) is 25.5 Å². The van der Waals surface area contributed by atoms with Crippen molar-refractivity contribution in [3.05, 3.63) is 52.5 Å². The smallest absolute Gasteiger partial charge is 0.244 e. The Hall–Kier alpha value is -2.94. The first kappa shape index (κ1) is 18.4. The number of aromatic amines is 1. The number of allylic oxidation sites excluding steroid dienone is 1. The number of benzene rings is 1. The van der Waals surface area contributed by atoms with Gasteiger partial charge in [-0.2, -0.15) is 5.26 Å². The van der Waals surface area contributed by atoms with Crippen molar-refractivity contribution in [2.45, 2.75) is 63.9 Å². The topological polar surface area (TPSA) is 97.0 Å². The number of unbranched alkanes of at least 4 members (excludes halogenated alkanes) is 1. The Bertz CT molecular complexity index is 919. The summed E-state index contributed by atoms with van der Waals surface area (Å²) in [6.07, 6.45) is 7.90. The van der Waals surface area contributed by atoms with E-state index in [2.05, 4.69) is 23.2 Å². The molecule has 1 saturated carbocycles. The molecule has 0 amide bonds. The van der Waals surface area contributed by atoms with Gasteiger partial charge in [0, 0.05) is 11.3 Å². The standard InChI is InChI=1S/C22H26N4O2/c1-2-3-11-18-20-19(17(13-23)21(24)28-22(20)26-25-18)14-7-6-10-16(12-14)27-15-8-4-5-9-15/h6-7,10,12,15,19H,2-5,8-9,11,24H2,1H3,(H,25,26). The normalized spacial score (nSPS) is 19.2. The Morgan fingerprint density at radius 3 is 2.93 bits per heavy atom. The predicted octanol–water partition coefficient (Wildman–Crippen LogP) is 4.29. The van der Waals surface area contributed by atoms with E-state index in [-0.39, 0.29) is 17.9 Å². The summed E-state index contributed by atoms with van der Waals surface area (Å²) in [5.74, 6) is 1.13. The van der Waals surface area contributed by atoms with Crippen molar-refractivity contribution in [2.75, 3.05) is 0 Å². The van der Waals surface area contributed by atoms with Crippen LogP contribution in [0.2, 0.25) is 0 Å². The van der Waals surface area contributed by atoms with Crippen LogP contribution < -0.4 is 15.2 Å². The minimum Gasteiger partial charge on any atom is -0.490 e. The molecule has 0 bridgehead atoms. The number of nitriles is 1. The summed E-state index contributed by atoms with van der Waals surface area (Å²) in [6, 6.07) is 10.3. The zero-order valence-corrected chi connectivity index (χ0v) is 16.2. The highest BCUT2D eigenvalue weighted by atomic mass is 16.5. The summed E-state index contributed by atoms with van der Waals surface area (Å²) in [6.45, 7) is 2.15. The van der Waals surface area contributed by atoms with Crippen LogP contribution in [0.25, 0.3) is 0 Å². The first-order chi connectivity index (χ1) is 13.7. The van der Waals surface area contributed by atoms with Crippen LogP contribution in [0, 0.1) is 11.3 Å². The molecule has 146 valence electrons. The highest BCUT2D eigenvalue weighted by Gasteiger charge is 2.35. The van der Waals surface area contributed by atoms with Gasteiger partial charge in [0.15, 0.2) is 0 Å². The molecule has 6 heteroatoms. The van der Waals surface area contributed by atoms with Gasteiger partial charge in [0.05, 0.1) is 12.0 Å². The number of nitrogens with two attached hydrogens (primary N) is 1. The fraction of sp³-hybridized carbons (Fsp3) is 0.455. The molecule has 4 rings (SSSR count). The van der Waals surface area contributed by atoms with Crippen LogP contribution in [-0.4, -0.2) is 16.3 Å². The summed E-state index contributed by atoms with van der Waals surface area (Å²) in [7, 11) is 0. The number of fused-ring (bicyclic) bond motifs is 1. The van der Waals surface area contributed by atoms with Gasteiger partial charge in [-0.25, -0.2) is 0 Å². The third-order valence-electron chi connectivity index (χ3n) is 5.59. The zero-order chi connectivity index (χ0) is 19.5. The van der Waals surface area contributed by atoms with Crippen LogP contribution in [0.1, 0.15) is 68.2 Å². The Labute approximate surface area is 165 Å². The molecule has 28 heavy (non-hydrogen) atoms. The third-order valence-corrected chi connectivity index (χ3v) is 5.59. The van der Waals surface area contributed by atoms with E-state index in [1.165, 1.54) is 12.8 Å².